The van der Waals surface area contributed by atoms with Gasteiger partial charge < -0.3 is 14.4 Å². The maximum absolute atomic E-state index is 8.27. The molecule has 0 amide bonds. The van der Waals surface area contributed by atoms with Gasteiger partial charge in [0.25, 0.3) is 0 Å². The van der Waals surface area contributed by atoms with E-state index in [0.29, 0.717) is 0 Å². The van der Waals surface area contributed by atoms with E-state index in [1.165, 1.54) is 10.8 Å². The summed E-state index contributed by atoms with van der Waals surface area (Å²) in [5.74, 6) is -0.672. The maximum Gasteiger partial charge on any atom is 0.123 e. The summed E-state index contributed by atoms with van der Waals surface area (Å²) < 4.78 is 14.4. The molecule has 4 aromatic carbocycles. The molecule has 0 spiro atoms. The van der Waals surface area contributed by atoms with Crippen molar-refractivity contribution in [3.8, 4) is 33.6 Å². The minimum absolute atomic E-state index is 0. The van der Waals surface area contributed by atoms with Gasteiger partial charge in [0.1, 0.15) is 5.58 Å². The van der Waals surface area contributed by atoms with Crippen LogP contribution in [0.3, 0.4) is 0 Å². The van der Waals surface area contributed by atoms with Gasteiger partial charge in [0.05, 0.1) is 13.7 Å². The fraction of sp³-hybridized carbons (Fsp3) is 0.150. The molecule has 1 radical (unpaired) electrons. The minimum atomic E-state index is -1.23. The van der Waals surface area contributed by atoms with Gasteiger partial charge in [-0.1, -0.05) is 111 Å². The van der Waals surface area contributed by atoms with Crippen molar-refractivity contribution in [3.63, 3.8) is 0 Å². The Morgan fingerprint density at radius 2 is 1.51 bits per heavy atom. The number of hydrogen-bond acceptors (Lipinski definition) is 3. The number of pyridine rings is 2. The Morgan fingerprint density at radius 1 is 0.711 bits per heavy atom. The molecule has 0 N–H and O–H groups in total. The minimum Gasteiger partial charge on any atom is -0.476 e. The molecule has 227 valence electrons. The van der Waals surface area contributed by atoms with Gasteiger partial charge in [-0.3, -0.25) is 0 Å². The van der Waals surface area contributed by atoms with Crippen LogP contribution in [0.25, 0.3) is 55.6 Å². The summed E-state index contributed by atoms with van der Waals surface area (Å²) in [6.45, 7) is 10.8. The summed E-state index contributed by atoms with van der Waals surface area (Å²) in [7, 11) is -1.23. The monoisotopic (exact) mass is 782 g/mol. The summed E-state index contributed by atoms with van der Waals surface area (Å²) in [6.07, 6.45) is 3.77. The molecule has 7 aromatic rings. The van der Waals surface area contributed by atoms with E-state index in [4.69, 9.17) is 5.79 Å². The van der Waals surface area contributed by atoms with Crippen LogP contribution >= 0.6 is 0 Å². The number of aromatic nitrogens is 2. The van der Waals surface area contributed by atoms with Crippen LogP contribution in [0.1, 0.15) is 26.7 Å². The fourth-order valence-corrected chi connectivity index (χ4v) is 6.15. The first-order valence-electron chi connectivity index (χ1n) is 15.4. The number of hydrogen-bond donors (Lipinski definition) is 0. The first-order chi connectivity index (χ1) is 21.6. The summed E-state index contributed by atoms with van der Waals surface area (Å²) in [6, 6.07) is 43.2. The van der Waals surface area contributed by atoms with Crippen LogP contribution in [0.4, 0.5) is 0 Å². The molecule has 3 aromatic heterocycles. The molecule has 0 bridgehead atoms. The smallest absolute Gasteiger partial charge is 0.123 e. The van der Waals surface area contributed by atoms with E-state index >= 15 is 0 Å². The predicted molar refractivity (Wildman–Crippen MR) is 187 cm³/mol. The van der Waals surface area contributed by atoms with Gasteiger partial charge in [0.2, 0.25) is 0 Å². The van der Waals surface area contributed by atoms with Crippen molar-refractivity contribution in [2.75, 3.05) is 0 Å². The Morgan fingerprint density at radius 3 is 2.20 bits per heavy atom. The zero-order valence-corrected chi connectivity index (χ0v) is 29.6. The molecule has 3 nitrogen and oxygen atoms in total. The second kappa shape index (κ2) is 13.9. The van der Waals surface area contributed by atoms with E-state index in [2.05, 4.69) is 78.1 Å². The quantitative estimate of drug-likeness (QED) is 0.129. The molecule has 5 heteroatoms. The molecule has 0 unspecified atom stereocenters. The number of benzene rings is 4. The molecule has 45 heavy (non-hydrogen) atoms. The van der Waals surface area contributed by atoms with Crippen molar-refractivity contribution in [2.24, 2.45) is 0 Å². The largest absolute Gasteiger partial charge is 0.476 e. The normalized spacial score (nSPS) is 11.8. The molecule has 7 rings (SSSR count). The van der Waals surface area contributed by atoms with Crippen LogP contribution in [-0.4, -0.2) is 18.0 Å². The number of rotatable bonds is 5. The molecule has 0 saturated heterocycles. The van der Waals surface area contributed by atoms with Crippen LogP contribution in [0.5, 0.6) is 0 Å². The van der Waals surface area contributed by atoms with Gasteiger partial charge in [-0.2, -0.15) is 0 Å². The van der Waals surface area contributed by atoms with E-state index < -0.39 is 14.0 Å². The Bertz CT molecular complexity index is 2060. The Labute approximate surface area is 282 Å². The van der Waals surface area contributed by atoms with E-state index in [0.717, 1.165) is 55.6 Å². The second-order valence-electron chi connectivity index (χ2n) is 12.2. The zero-order valence-electron chi connectivity index (χ0n) is 27.2. The SMILES string of the molecule is C[Si](C)(C)c1ccc(-c2[c-]cccc2)nc1.[2H]C(C)(C)c1ccnc(-c2[c-]cc3c(c2)oc2ccc(-c4ccccc4)cc23)c1.[Ir]. The maximum atomic E-state index is 8.27. The third-order valence-electron chi connectivity index (χ3n) is 7.74. The first kappa shape index (κ1) is 30.9. The molecular weight excluding hydrogens is 745 g/mol. The van der Waals surface area contributed by atoms with Gasteiger partial charge in [-0.15, -0.1) is 53.6 Å². The first-order valence-corrected chi connectivity index (χ1v) is 18.4. The van der Waals surface area contributed by atoms with Crippen molar-refractivity contribution < 1.29 is 25.9 Å². The van der Waals surface area contributed by atoms with Gasteiger partial charge in [-0.05, 0) is 51.1 Å². The van der Waals surface area contributed by atoms with Crippen LogP contribution in [-0.2, 0) is 20.1 Å². The van der Waals surface area contributed by atoms with Crippen molar-refractivity contribution in [2.45, 2.75) is 39.4 Å². The van der Waals surface area contributed by atoms with E-state index in [1.54, 1.807) is 6.20 Å². The number of nitrogens with zero attached hydrogens (tertiary/aromatic N) is 2. The molecule has 0 aliphatic carbocycles. The van der Waals surface area contributed by atoms with Crippen molar-refractivity contribution in [3.05, 3.63) is 139 Å². The Balaban J connectivity index is 0.000000209. The second-order valence-corrected chi connectivity index (χ2v) is 17.3. The Hall–Kier alpha value is -4.15. The number of furan rings is 1. The van der Waals surface area contributed by atoms with E-state index in [9.17, 15) is 0 Å². The summed E-state index contributed by atoms with van der Waals surface area (Å²) in [4.78, 5) is 9.00. The van der Waals surface area contributed by atoms with Gasteiger partial charge >= 0.3 is 0 Å². The summed E-state index contributed by atoms with van der Waals surface area (Å²) in [5, 5.41) is 3.52. The van der Waals surface area contributed by atoms with Crippen molar-refractivity contribution in [1.82, 2.24) is 9.97 Å². The summed E-state index contributed by atoms with van der Waals surface area (Å²) in [5.41, 5.74) is 8.68. The van der Waals surface area contributed by atoms with Gasteiger partial charge in [0, 0.05) is 33.9 Å². The third kappa shape index (κ3) is 7.40. The molecule has 0 atom stereocenters. The summed E-state index contributed by atoms with van der Waals surface area (Å²) >= 11 is 0. The predicted octanol–water partition coefficient (Wildman–Crippen LogP) is 10.3. The average molecular weight is 782 g/mol. The average Bonchev–Trinajstić information content (AvgIpc) is 3.42. The van der Waals surface area contributed by atoms with Crippen molar-refractivity contribution in [1.29, 1.82) is 0 Å². The van der Waals surface area contributed by atoms with Crippen LogP contribution in [0, 0.1) is 12.1 Å². The number of fused-ring (bicyclic) bond motifs is 3. The van der Waals surface area contributed by atoms with E-state index in [-0.39, 0.29) is 20.1 Å². The molecule has 0 fully saturated rings. The van der Waals surface area contributed by atoms with E-state index in [1.807, 2.05) is 92.8 Å². The zero-order chi connectivity index (χ0) is 31.6. The fourth-order valence-electron chi connectivity index (χ4n) is 5.11. The molecular formula is C40H36IrN2OSi-2. The topological polar surface area (TPSA) is 38.9 Å². The van der Waals surface area contributed by atoms with Crippen LogP contribution < -0.4 is 5.19 Å². The van der Waals surface area contributed by atoms with Crippen LogP contribution in [0.15, 0.2) is 126 Å². The molecule has 0 saturated carbocycles. The standard InChI is InChI=1S/C26H20NO.C14H16NSi.Ir/c1-17(2)19-12-13-27-24(15-19)21-8-10-22-23-14-20(18-6-4-3-5-7-18)9-11-25(23)28-26(22)16-21;1-16(2,3)13-9-10-14(15-11-13)12-7-5-4-6-8-12;/h3-7,9-17H,1-2H3;4-7,9-11H,1-3H3;/q2*-1;/i17D;;. The molecule has 3 heterocycles. The van der Waals surface area contributed by atoms with Gasteiger partial charge in [-0.25, -0.2) is 0 Å². The van der Waals surface area contributed by atoms with Crippen molar-refractivity contribution >= 4 is 35.2 Å². The Kier molecular flexibility index (Phi) is 9.51. The molecule has 0 aliphatic heterocycles. The van der Waals surface area contributed by atoms with Gasteiger partial charge in [0.15, 0.2) is 0 Å². The third-order valence-corrected chi connectivity index (χ3v) is 9.77. The van der Waals surface area contributed by atoms with Crippen LogP contribution in [0.2, 0.25) is 19.6 Å². The molecule has 0 aliphatic rings.